The van der Waals surface area contributed by atoms with Crippen LogP contribution < -0.4 is 0 Å². The van der Waals surface area contributed by atoms with Crippen LogP contribution in [0.4, 0.5) is 4.79 Å². The molecule has 36 valence electrons. The van der Waals surface area contributed by atoms with E-state index in [1.165, 1.54) is 0 Å². The molecule has 0 aromatic heterocycles. The predicted molar refractivity (Wildman–Crippen MR) is 26.9 cm³/mol. The lowest BCUT2D eigenvalue weighted by atomic mass is 11.0. The number of carboxylic acid groups (broad SMARTS) is 1. The van der Waals surface area contributed by atoms with Gasteiger partial charge in [0.05, 0.1) is 0 Å². The Kier molecular flexibility index (Phi) is 3.05. The largest absolute Gasteiger partial charge is 0.478 e. The highest BCUT2D eigenvalue weighted by atomic mass is 31.1. The third-order valence-corrected chi connectivity index (χ3v) is 0.984. The summed E-state index contributed by atoms with van der Waals surface area (Å²) in [6.07, 6.45) is 0.759. The molecule has 6 heavy (non-hydrogen) atoms. The van der Waals surface area contributed by atoms with Crippen LogP contribution >= 0.6 is 8.58 Å². The summed E-state index contributed by atoms with van der Waals surface area (Å²) < 4.78 is 0. The van der Waals surface area contributed by atoms with Crippen molar-refractivity contribution in [1.29, 1.82) is 0 Å². The second kappa shape index (κ2) is 3.10. The standard InChI is InChI=1S/C3H7O2P/c1-2-6-3(4)5/h6H,2H2,1H3,(H,4,5). The van der Waals surface area contributed by atoms with Crippen LogP contribution in [0.2, 0.25) is 0 Å². The molecule has 0 aromatic carbocycles. The van der Waals surface area contributed by atoms with Gasteiger partial charge in [-0.15, -0.1) is 0 Å². The van der Waals surface area contributed by atoms with E-state index in [2.05, 4.69) is 0 Å². The van der Waals surface area contributed by atoms with E-state index >= 15 is 0 Å². The molecular weight excluding hydrogens is 99.0 g/mol. The normalized spacial score (nSPS) is 10.2. The minimum absolute atomic E-state index is 0.0880. The Morgan fingerprint density at radius 1 is 2.00 bits per heavy atom. The maximum absolute atomic E-state index is 9.61. The van der Waals surface area contributed by atoms with Crippen LogP contribution in [-0.2, 0) is 0 Å². The molecule has 3 heteroatoms. The quantitative estimate of drug-likeness (QED) is 0.539. The molecule has 0 bridgehead atoms. The lowest BCUT2D eigenvalue weighted by Crippen LogP contribution is -1.77. The molecule has 1 unspecified atom stereocenters. The second-order valence-corrected chi connectivity index (χ2v) is 2.32. The van der Waals surface area contributed by atoms with Gasteiger partial charge in [0.25, 0.3) is 0 Å². The molecule has 1 atom stereocenters. The van der Waals surface area contributed by atoms with Crippen LogP contribution in [0.15, 0.2) is 0 Å². The zero-order valence-electron chi connectivity index (χ0n) is 3.56. The molecule has 0 saturated heterocycles. The highest BCUT2D eigenvalue weighted by molar-refractivity contribution is 7.56. The van der Waals surface area contributed by atoms with E-state index in [0.29, 0.717) is 0 Å². The van der Waals surface area contributed by atoms with E-state index in [1.54, 1.807) is 0 Å². The van der Waals surface area contributed by atoms with Crippen molar-refractivity contribution in [3.63, 3.8) is 0 Å². The van der Waals surface area contributed by atoms with Gasteiger partial charge in [-0.1, -0.05) is 6.92 Å². The summed E-state index contributed by atoms with van der Waals surface area (Å²) in [5.74, 6) is 0. The minimum atomic E-state index is -0.683. The van der Waals surface area contributed by atoms with Gasteiger partial charge in [-0.2, -0.15) is 0 Å². The van der Waals surface area contributed by atoms with Crippen molar-refractivity contribution in [1.82, 2.24) is 0 Å². The van der Waals surface area contributed by atoms with Crippen molar-refractivity contribution in [2.75, 3.05) is 6.16 Å². The molecule has 0 aromatic rings. The van der Waals surface area contributed by atoms with Crippen LogP contribution in [-0.4, -0.2) is 17.0 Å². The van der Waals surface area contributed by atoms with Crippen molar-refractivity contribution >= 4 is 14.3 Å². The third kappa shape index (κ3) is 3.90. The highest BCUT2D eigenvalue weighted by Gasteiger charge is 1.86. The monoisotopic (exact) mass is 106 g/mol. The molecule has 0 rings (SSSR count). The van der Waals surface area contributed by atoms with Gasteiger partial charge in [0.15, 0.2) is 0 Å². The summed E-state index contributed by atoms with van der Waals surface area (Å²) in [5, 5.41) is 7.93. The fourth-order valence-corrected chi connectivity index (χ4v) is 0.454. The van der Waals surface area contributed by atoms with Gasteiger partial charge < -0.3 is 5.11 Å². The molecule has 0 aliphatic rings. The first-order chi connectivity index (χ1) is 2.77. The molecule has 2 nitrogen and oxygen atoms in total. The number of hydrogen-bond donors (Lipinski definition) is 1. The van der Waals surface area contributed by atoms with E-state index in [-0.39, 0.29) is 8.58 Å². The number of rotatable bonds is 2. The van der Waals surface area contributed by atoms with Crippen molar-refractivity contribution in [3.05, 3.63) is 0 Å². The second-order valence-electron chi connectivity index (χ2n) is 0.835. The number of carbonyl (C=O) groups is 1. The van der Waals surface area contributed by atoms with Crippen LogP contribution in [0.3, 0.4) is 0 Å². The van der Waals surface area contributed by atoms with Crippen molar-refractivity contribution < 1.29 is 9.90 Å². The maximum Gasteiger partial charge on any atom is 0.320 e. The van der Waals surface area contributed by atoms with E-state index in [9.17, 15) is 4.79 Å². The molecular formula is C3H7O2P. The molecule has 0 spiro atoms. The van der Waals surface area contributed by atoms with Gasteiger partial charge in [0.2, 0.25) is 0 Å². The Morgan fingerprint density at radius 3 is 2.50 bits per heavy atom. The van der Waals surface area contributed by atoms with Crippen LogP contribution in [0.1, 0.15) is 6.92 Å². The molecule has 0 radical (unpaired) electrons. The summed E-state index contributed by atoms with van der Waals surface area (Å²) in [7, 11) is 0.0880. The molecule has 0 fully saturated rings. The Hall–Kier alpha value is -0.100. The number of hydrogen-bond acceptors (Lipinski definition) is 1. The smallest absolute Gasteiger partial charge is 0.320 e. The average molecular weight is 106 g/mol. The summed E-state index contributed by atoms with van der Waals surface area (Å²) in [4.78, 5) is 9.61. The van der Waals surface area contributed by atoms with Crippen LogP contribution in [0.25, 0.3) is 0 Å². The Labute approximate surface area is 38.3 Å². The highest BCUT2D eigenvalue weighted by Crippen LogP contribution is 2.06. The van der Waals surface area contributed by atoms with E-state index in [4.69, 9.17) is 5.11 Å². The van der Waals surface area contributed by atoms with Gasteiger partial charge in [0, 0.05) is 0 Å². The zero-order chi connectivity index (χ0) is 4.99. The topological polar surface area (TPSA) is 37.3 Å². The third-order valence-electron chi connectivity index (χ3n) is 0.328. The predicted octanol–water partition coefficient (Wildman–Crippen LogP) is 1.36. The summed E-state index contributed by atoms with van der Waals surface area (Å²) >= 11 is 0. The first kappa shape index (κ1) is 5.90. The Balaban J connectivity index is 2.83. The van der Waals surface area contributed by atoms with Gasteiger partial charge >= 0.3 is 5.71 Å². The Morgan fingerprint density at radius 2 is 2.50 bits per heavy atom. The van der Waals surface area contributed by atoms with Gasteiger partial charge in [-0.25, -0.2) is 4.79 Å². The van der Waals surface area contributed by atoms with Gasteiger partial charge in [-0.3, -0.25) is 0 Å². The first-order valence-corrected chi connectivity index (χ1v) is 2.95. The van der Waals surface area contributed by atoms with Crippen molar-refractivity contribution in [2.24, 2.45) is 0 Å². The SMILES string of the molecule is CCPC(=O)O. The van der Waals surface area contributed by atoms with Crippen LogP contribution in [0, 0.1) is 0 Å². The average Bonchev–Trinajstić information content (AvgIpc) is 1.35. The molecule has 0 aliphatic heterocycles. The lowest BCUT2D eigenvalue weighted by Gasteiger charge is -1.80. The molecule has 1 N–H and O–H groups in total. The summed E-state index contributed by atoms with van der Waals surface area (Å²) in [6.45, 7) is 1.85. The van der Waals surface area contributed by atoms with E-state index in [1.807, 2.05) is 6.92 Å². The summed E-state index contributed by atoms with van der Waals surface area (Å²) in [6, 6.07) is 0. The van der Waals surface area contributed by atoms with Gasteiger partial charge in [-0.05, 0) is 14.7 Å². The summed E-state index contributed by atoms with van der Waals surface area (Å²) in [5.41, 5.74) is -0.683. The van der Waals surface area contributed by atoms with Crippen LogP contribution in [0.5, 0.6) is 0 Å². The van der Waals surface area contributed by atoms with Crippen molar-refractivity contribution in [3.8, 4) is 0 Å². The lowest BCUT2D eigenvalue weighted by molar-refractivity contribution is 0.221. The maximum atomic E-state index is 9.61. The molecule has 0 amide bonds. The van der Waals surface area contributed by atoms with Crippen molar-refractivity contribution in [2.45, 2.75) is 6.92 Å². The fraction of sp³-hybridized carbons (Fsp3) is 0.667. The van der Waals surface area contributed by atoms with E-state index < -0.39 is 5.71 Å². The van der Waals surface area contributed by atoms with E-state index in [0.717, 1.165) is 6.16 Å². The molecule has 0 heterocycles. The zero-order valence-corrected chi connectivity index (χ0v) is 4.56. The molecule has 0 saturated carbocycles. The van der Waals surface area contributed by atoms with Gasteiger partial charge in [0.1, 0.15) is 0 Å². The molecule has 0 aliphatic carbocycles. The fourth-order valence-electron chi connectivity index (χ4n) is 0.151. The first-order valence-electron chi connectivity index (χ1n) is 1.74. The minimum Gasteiger partial charge on any atom is -0.478 e. The Bertz CT molecular complexity index is 52.8.